The molecule has 0 heterocycles. The number of carboxylic acids is 2. The topological polar surface area (TPSA) is 217 Å². The normalized spacial score (nSPS) is 10.3. The smallest absolute Gasteiger partial charge is 0.338 e. The van der Waals surface area contributed by atoms with Gasteiger partial charge in [0.2, 0.25) is 9.23 Å². The molecule has 59 heavy (non-hydrogen) atoms. The molecule has 0 unspecified atom stereocenters. The van der Waals surface area contributed by atoms with Crippen molar-refractivity contribution in [3.63, 3.8) is 0 Å². The van der Waals surface area contributed by atoms with Gasteiger partial charge in [-0.15, -0.1) is 0 Å². The van der Waals surface area contributed by atoms with E-state index in [9.17, 15) is 28.8 Å². The van der Waals surface area contributed by atoms with Crippen LogP contribution in [-0.2, 0) is 28.3 Å². The fraction of sp³-hybridized carbons (Fsp3) is 0.400. The fourth-order valence-corrected chi connectivity index (χ4v) is 5.57. The van der Waals surface area contributed by atoms with E-state index in [1.54, 1.807) is 51.1 Å². The van der Waals surface area contributed by atoms with Crippen molar-refractivity contribution in [2.24, 2.45) is 0 Å². The van der Waals surface area contributed by atoms with Crippen molar-refractivity contribution in [3.8, 4) is 17.2 Å². The first-order valence-corrected chi connectivity index (χ1v) is 28.1. The summed E-state index contributed by atoms with van der Waals surface area (Å²) in [6.45, 7) is 23.1. The number of ether oxygens (including phenoxy) is 4. The van der Waals surface area contributed by atoms with Gasteiger partial charge in [-0.2, -0.15) is 0 Å². The number of rotatable bonds is 11. The number of esters is 4. The molecular formula is C40H56Cl2O14SSi2. The number of aromatic carboxylic acids is 2. The quantitative estimate of drug-likeness (QED) is 0.0708. The van der Waals surface area contributed by atoms with Gasteiger partial charge < -0.3 is 34.3 Å². The number of carbonyl (C=O) groups is 6. The van der Waals surface area contributed by atoms with Gasteiger partial charge in [-0.3, -0.25) is 14.4 Å². The van der Waals surface area contributed by atoms with E-state index >= 15 is 0 Å². The van der Waals surface area contributed by atoms with Gasteiger partial charge in [0.1, 0.15) is 17.2 Å². The molecule has 0 aliphatic heterocycles. The summed E-state index contributed by atoms with van der Waals surface area (Å²) in [6.07, 6.45) is 0. The molecule has 0 aromatic heterocycles. The van der Waals surface area contributed by atoms with Gasteiger partial charge >= 0.3 is 35.8 Å². The Morgan fingerprint density at radius 2 is 0.864 bits per heavy atom. The molecule has 3 aromatic rings. The SMILES string of the molecule is CC(=O)Oc1cccc(C(=O)O)c1C.CC(=O)Oc1cccc(C(=O)O)c1C.CC(=O)Oc1cccc(C(=O)OCC[Si](C)(C)C)c1C.C[Si](C)(C)CCO.O=S(Cl)Cl. The Hall–Kier alpha value is -4.40. The van der Waals surface area contributed by atoms with Gasteiger partial charge in [0.05, 0.1) is 23.3 Å². The molecule has 14 nitrogen and oxygen atoms in total. The molecule has 0 aliphatic carbocycles. The summed E-state index contributed by atoms with van der Waals surface area (Å²) in [5, 5.41) is 26.0. The summed E-state index contributed by atoms with van der Waals surface area (Å²) in [5.74, 6) is -2.78. The van der Waals surface area contributed by atoms with Crippen molar-refractivity contribution in [2.75, 3.05) is 13.2 Å². The highest BCUT2D eigenvalue weighted by molar-refractivity contribution is 8.26. The van der Waals surface area contributed by atoms with Crippen molar-refractivity contribution in [1.82, 2.24) is 0 Å². The van der Waals surface area contributed by atoms with Crippen molar-refractivity contribution in [3.05, 3.63) is 88.0 Å². The zero-order chi connectivity index (χ0) is 46.3. The van der Waals surface area contributed by atoms with Crippen LogP contribution < -0.4 is 14.2 Å². The molecule has 0 saturated carbocycles. The Balaban J connectivity index is 0. The second-order valence-electron chi connectivity index (χ2n) is 14.8. The molecule has 3 aromatic carbocycles. The van der Waals surface area contributed by atoms with Gasteiger partial charge in [0, 0.05) is 81.6 Å². The standard InChI is InChI=1S/C15H22O4Si.2C10H10O4.C5H14OSi.Cl2OS/c1-11-13(7-6-8-14(11)19-12(2)16)15(17)18-9-10-20(3,4)5;2*1-6-8(10(12)13)4-3-5-9(6)14-7(2)11;1-7(2,3)5-4-6;1-4(2)3/h6-8H,9-10H2,1-5H3;2*3-5H,1-2H3,(H,12,13);6H,4-5H2,1-3H3;. The number of hydrogen-bond donors (Lipinski definition) is 3. The van der Waals surface area contributed by atoms with Crippen LogP contribution in [0.25, 0.3) is 0 Å². The van der Waals surface area contributed by atoms with Crippen LogP contribution in [0.2, 0.25) is 51.4 Å². The monoisotopic (exact) mass is 918 g/mol. The van der Waals surface area contributed by atoms with Crippen molar-refractivity contribution >= 4 is 82.6 Å². The molecule has 0 spiro atoms. The van der Waals surface area contributed by atoms with Crippen LogP contribution in [0, 0.1) is 20.8 Å². The third kappa shape index (κ3) is 27.1. The van der Waals surface area contributed by atoms with E-state index in [0.29, 0.717) is 41.2 Å². The lowest BCUT2D eigenvalue weighted by molar-refractivity contribution is -0.132. The van der Waals surface area contributed by atoms with Crippen LogP contribution in [0.15, 0.2) is 54.6 Å². The minimum atomic E-state index is -1.67. The van der Waals surface area contributed by atoms with Crippen LogP contribution in [0.3, 0.4) is 0 Å². The summed E-state index contributed by atoms with van der Waals surface area (Å²) in [4.78, 5) is 65.8. The van der Waals surface area contributed by atoms with E-state index in [4.69, 9.17) is 38.5 Å². The molecule has 3 N–H and O–H groups in total. The van der Waals surface area contributed by atoms with Crippen molar-refractivity contribution < 1.29 is 67.2 Å². The highest BCUT2D eigenvalue weighted by Gasteiger charge is 2.18. The highest BCUT2D eigenvalue weighted by Crippen LogP contribution is 2.24. The Morgan fingerprint density at radius 3 is 1.10 bits per heavy atom. The van der Waals surface area contributed by atoms with E-state index in [0.717, 1.165) is 12.1 Å². The van der Waals surface area contributed by atoms with E-state index in [2.05, 4.69) is 60.6 Å². The van der Waals surface area contributed by atoms with Crippen LogP contribution in [0.5, 0.6) is 17.2 Å². The van der Waals surface area contributed by atoms with Crippen molar-refractivity contribution in [2.45, 2.75) is 92.9 Å². The molecular weight excluding hydrogens is 864 g/mol. The van der Waals surface area contributed by atoms with E-state index < -0.39 is 55.2 Å². The van der Waals surface area contributed by atoms with Gasteiger partial charge in [-0.05, 0) is 69.3 Å². The Bertz CT molecular complexity index is 1830. The molecule has 3 rings (SSSR count). The number of benzene rings is 3. The van der Waals surface area contributed by atoms with E-state index in [1.165, 1.54) is 45.0 Å². The van der Waals surface area contributed by atoms with Gasteiger partial charge in [-0.1, -0.05) is 57.5 Å². The minimum Gasteiger partial charge on any atom is -0.478 e. The maximum Gasteiger partial charge on any atom is 0.338 e. The third-order valence-electron chi connectivity index (χ3n) is 7.24. The zero-order valence-electron chi connectivity index (χ0n) is 35.5. The van der Waals surface area contributed by atoms with Gasteiger partial charge in [-0.25, -0.2) is 18.6 Å². The summed E-state index contributed by atoms with van der Waals surface area (Å²) >= 11 is 0. The number of hydrogen-bond acceptors (Lipinski definition) is 12. The Morgan fingerprint density at radius 1 is 0.576 bits per heavy atom. The summed E-state index contributed by atoms with van der Waals surface area (Å²) in [6, 6.07) is 16.1. The predicted molar refractivity (Wildman–Crippen MR) is 235 cm³/mol. The van der Waals surface area contributed by atoms with E-state index in [-0.39, 0.29) is 28.6 Å². The molecule has 0 aliphatic rings. The number of carbonyl (C=O) groups excluding carboxylic acids is 4. The first kappa shape index (κ1) is 56.7. The van der Waals surface area contributed by atoms with Crippen molar-refractivity contribution in [1.29, 1.82) is 0 Å². The molecule has 0 radical (unpaired) electrons. The molecule has 328 valence electrons. The average molecular weight is 920 g/mol. The third-order valence-corrected chi connectivity index (χ3v) is 10.7. The molecule has 0 bridgehead atoms. The zero-order valence-corrected chi connectivity index (χ0v) is 39.8. The maximum absolute atomic E-state index is 12.0. The summed E-state index contributed by atoms with van der Waals surface area (Å²) in [7, 11) is 5.23. The largest absolute Gasteiger partial charge is 0.478 e. The van der Waals surface area contributed by atoms with E-state index in [1.807, 2.05) is 0 Å². The molecule has 0 atom stereocenters. The first-order valence-electron chi connectivity index (χ1n) is 17.9. The number of aliphatic hydroxyl groups excluding tert-OH is 1. The summed E-state index contributed by atoms with van der Waals surface area (Å²) in [5.41, 5.74) is 2.26. The van der Waals surface area contributed by atoms with Crippen LogP contribution in [0.4, 0.5) is 0 Å². The number of halogens is 2. The minimum absolute atomic E-state index is 0.142. The number of aliphatic hydroxyl groups is 1. The lowest BCUT2D eigenvalue weighted by atomic mass is 10.1. The van der Waals surface area contributed by atoms with Crippen LogP contribution in [-0.4, -0.2) is 84.7 Å². The Labute approximate surface area is 359 Å². The second-order valence-corrected chi connectivity index (χ2v) is 28.6. The maximum atomic E-state index is 12.0. The molecule has 0 saturated heterocycles. The average Bonchev–Trinajstić information content (AvgIpc) is 3.06. The molecule has 0 amide bonds. The molecule has 0 fully saturated rings. The van der Waals surface area contributed by atoms with Crippen LogP contribution >= 0.6 is 21.4 Å². The lowest BCUT2D eigenvalue weighted by Crippen LogP contribution is -2.23. The predicted octanol–water partition coefficient (Wildman–Crippen LogP) is 9.01. The summed E-state index contributed by atoms with van der Waals surface area (Å²) < 4.78 is 29.1. The highest BCUT2D eigenvalue weighted by atomic mass is 36.0. The lowest BCUT2D eigenvalue weighted by Gasteiger charge is -2.16. The number of carboxylic acid groups (broad SMARTS) is 2. The molecule has 19 heteroatoms. The fourth-order valence-electron chi connectivity index (χ4n) is 4.19. The Kier molecular flexibility index (Phi) is 27.0. The van der Waals surface area contributed by atoms with Crippen LogP contribution in [0.1, 0.15) is 68.5 Å². The van der Waals surface area contributed by atoms with Gasteiger partial charge in [0.25, 0.3) is 0 Å². The second kappa shape index (κ2) is 28.1. The van der Waals surface area contributed by atoms with Gasteiger partial charge in [0.15, 0.2) is 0 Å². The first-order chi connectivity index (χ1) is 27.0.